The van der Waals surface area contributed by atoms with Crippen molar-refractivity contribution in [3.8, 4) is 28.4 Å². The molecule has 3 aliphatic heterocycles. The Kier molecular flexibility index (Phi) is 14.6. The Morgan fingerprint density at radius 3 is 2.27 bits per heavy atom. The van der Waals surface area contributed by atoms with Crippen molar-refractivity contribution in [2.45, 2.75) is 63.6 Å². The summed E-state index contributed by atoms with van der Waals surface area (Å²) in [5, 5.41) is 12.6. The van der Waals surface area contributed by atoms with Crippen LogP contribution in [-0.4, -0.2) is 126 Å². The van der Waals surface area contributed by atoms with E-state index in [-0.39, 0.29) is 66.2 Å². The SMILES string of the molecule is COc1cc(-c2cn(C)c(=O)c3cc(C(=O)NC4CCN(C(=O)CCCCOc5cccc6c5C(=O)N(C5CCC(=O)NC5=O)C6=O)CC4)sc23)cc(OC)c1CN(C)C.O=CO. The Labute approximate surface area is 366 Å². The van der Waals surface area contributed by atoms with Gasteiger partial charge in [0.05, 0.1) is 47.8 Å². The molecule has 5 heterocycles. The molecule has 2 aromatic carbocycles. The molecule has 18 nitrogen and oxygen atoms in total. The van der Waals surface area contributed by atoms with Gasteiger partial charge in [0.25, 0.3) is 29.8 Å². The number of pyridine rings is 1. The van der Waals surface area contributed by atoms with Gasteiger partial charge in [-0.1, -0.05) is 6.07 Å². The van der Waals surface area contributed by atoms with Crippen LogP contribution in [0.15, 0.2) is 47.4 Å². The van der Waals surface area contributed by atoms with Gasteiger partial charge in [-0.25, -0.2) is 0 Å². The third-order valence-electron chi connectivity index (χ3n) is 11.1. The highest BCUT2D eigenvalue weighted by Crippen LogP contribution is 2.40. The van der Waals surface area contributed by atoms with E-state index in [1.165, 1.54) is 22.0 Å². The number of fused-ring (bicyclic) bond motifs is 2. The van der Waals surface area contributed by atoms with Crippen LogP contribution in [0.3, 0.4) is 0 Å². The van der Waals surface area contributed by atoms with E-state index in [0.29, 0.717) is 78.2 Å². The van der Waals surface area contributed by atoms with Gasteiger partial charge < -0.3 is 39.0 Å². The maximum Gasteiger partial charge on any atom is 0.290 e. The fourth-order valence-corrected chi connectivity index (χ4v) is 9.12. The summed E-state index contributed by atoms with van der Waals surface area (Å²) in [7, 11) is 8.83. The number of rotatable bonds is 14. The van der Waals surface area contributed by atoms with Crippen LogP contribution in [0.4, 0.5) is 0 Å². The number of ether oxygens (including phenoxy) is 3. The van der Waals surface area contributed by atoms with Gasteiger partial charge in [0.2, 0.25) is 17.7 Å². The number of hydrogen-bond donors (Lipinski definition) is 3. The topological polar surface area (TPSA) is 223 Å². The lowest BCUT2D eigenvalue weighted by molar-refractivity contribution is -0.136. The third-order valence-corrected chi connectivity index (χ3v) is 12.3. The number of nitrogens with zero attached hydrogens (tertiary/aromatic N) is 4. The van der Waals surface area contributed by atoms with E-state index >= 15 is 0 Å². The number of thiophene rings is 1. The maximum absolute atomic E-state index is 13.6. The average molecular weight is 887 g/mol. The highest BCUT2D eigenvalue weighted by molar-refractivity contribution is 7.21. The van der Waals surface area contributed by atoms with Crippen molar-refractivity contribution in [3.63, 3.8) is 0 Å². The summed E-state index contributed by atoms with van der Waals surface area (Å²) in [6.07, 6.45) is 4.37. The molecule has 0 spiro atoms. The zero-order valence-electron chi connectivity index (χ0n) is 35.7. The molecule has 4 aromatic rings. The van der Waals surface area contributed by atoms with Crippen LogP contribution in [-0.2, 0) is 32.8 Å². The largest absolute Gasteiger partial charge is 0.496 e. The van der Waals surface area contributed by atoms with Crippen molar-refractivity contribution in [1.82, 2.24) is 29.9 Å². The predicted molar refractivity (Wildman–Crippen MR) is 231 cm³/mol. The number of hydrogen-bond acceptors (Lipinski definition) is 13. The molecule has 1 unspecified atom stereocenters. The quantitative estimate of drug-likeness (QED) is 0.0940. The summed E-state index contributed by atoms with van der Waals surface area (Å²) >= 11 is 1.26. The highest BCUT2D eigenvalue weighted by atomic mass is 32.1. The number of benzene rings is 2. The first-order chi connectivity index (χ1) is 30.2. The number of carbonyl (C=O) groups excluding carboxylic acids is 6. The fraction of sp³-hybridized carbons (Fsp3) is 0.409. The first kappa shape index (κ1) is 45.9. The summed E-state index contributed by atoms with van der Waals surface area (Å²) in [6, 6.07) is 8.99. The molecule has 3 N–H and O–H groups in total. The highest BCUT2D eigenvalue weighted by Gasteiger charge is 2.46. The Morgan fingerprint density at radius 1 is 0.952 bits per heavy atom. The average Bonchev–Trinajstić information content (AvgIpc) is 3.82. The third kappa shape index (κ3) is 9.89. The van der Waals surface area contributed by atoms with Crippen molar-refractivity contribution in [2.75, 3.05) is 48.0 Å². The molecule has 0 bridgehead atoms. The molecule has 334 valence electrons. The summed E-state index contributed by atoms with van der Waals surface area (Å²) in [6.45, 7) is 1.53. The molecule has 19 heteroatoms. The van der Waals surface area contributed by atoms with Gasteiger partial charge >= 0.3 is 0 Å². The number of aryl methyl sites for hydroxylation is 1. The first-order valence-electron chi connectivity index (χ1n) is 20.4. The summed E-state index contributed by atoms with van der Waals surface area (Å²) < 4.78 is 19.6. The molecule has 2 saturated heterocycles. The Morgan fingerprint density at radius 2 is 1.63 bits per heavy atom. The van der Waals surface area contributed by atoms with Gasteiger partial charge in [0, 0.05) is 62.0 Å². The van der Waals surface area contributed by atoms with E-state index in [9.17, 15) is 33.6 Å². The van der Waals surface area contributed by atoms with Gasteiger partial charge in [-0.3, -0.25) is 48.6 Å². The Bertz CT molecular complexity index is 2480. The number of likely N-dealkylation sites (tertiary alicyclic amines) is 1. The van der Waals surface area contributed by atoms with Gasteiger partial charge in [-0.15, -0.1) is 11.3 Å². The van der Waals surface area contributed by atoms with Gasteiger partial charge in [0.15, 0.2) is 0 Å². The number of piperidine rings is 2. The van der Waals surface area contributed by atoms with Crippen LogP contribution in [0.5, 0.6) is 17.2 Å². The van der Waals surface area contributed by atoms with E-state index in [2.05, 4.69) is 10.6 Å². The second-order valence-corrected chi connectivity index (χ2v) is 16.6. The standard InChI is InChI=1S/C43H48N6O10S.CH2O2/c1-46(2)22-29-32(57-4)19-24(20-33(29)58-5)28-23-47(3)41(54)27-21-34(60-38(27)28)40(53)44-25-14-16-48(17-15-25)36(51)11-6-7-18-59-31-10-8-9-26-37(31)43(56)49(42(26)55)30-12-13-35(50)45-39(30)52;2-1-3/h8-10,19-21,23,25,30H,6-7,11-18,22H2,1-5H3,(H,44,53)(H,45,50,52);1H,(H,2,3). The minimum Gasteiger partial charge on any atom is -0.496 e. The predicted octanol–water partition coefficient (Wildman–Crippen LogP) is 3.42. The monoisotopic (exact) mass is 886 g/mol. The second kappa shape index (κ2) is 20.1. The Hall–Kier alpha value is -6.60. The minimum atomic E-state index is -1.07. The molecule has 0 saturated carbocycles. The van der Waals surface area contributed by atoms with Crippen molar-refractivity contribution in [3.05, 3.63) is 74.5 Å². The summed E-state index contributed by atoms with van der Waals surface area (Å²) in [4.78, 5) is 104. The molecule has 0 aliphatic carbocycles. The summed E-state index contributed by atoms with van der Waals surface area (Å²) in [5.41, 5.74) is 2.48. The van der Waals surface area contributed by atoms with Crippen LogP contribution < -0.4 is 30.4 Å². The number of amides is 6. The molecule has 2 fully saturated rings. The number of carboxylic acid groups (broad SMARTS) is 1. The van der Waals surface area contributed by atoms with E-state index in [0.717, 1.165) is 21.6 Å². The van der Waals surface area contributed by atoms with E-state index in [1.807, 2.05) is 31.1 Å². The first-order valence-corrected chi connectivity index (χ1v) is 21.2. The van der Waals surface area contributed by atoms with Gasteiger partial charge in [0.1, 0.15) is 23.3 Å². The molecular weight excluding hydrogens is 837 g/mol. The van der Waals surface area contributed by atoms with Crippen LogP contribution in [0.1, 0.15) is 80.9 Å². The van der Waals surface area contributed by atoms with Crippen molar-refractivity contribution in [2.24, 2.45) is 7.05 Å². The number of methoxy groups -OCH3 is 2. The normalized spacial score (nSPS) is 16.4. The summed E-state index contributed by atoms with van der Waals surface area (Å²) in [5.74, 6) is -1.12. The van der Waals surface area contributed by atoms with E-state index in [1.54, 1.807) is 50.6 Å². The lowest BCUT2D eigenvalue weighted by Crippen LogP contribution is -2.54. The molecular formula is C44H50N6O12S. The van der Waals surface area contributed by atoms with Gasteiger partial charge in [-0.05, 0) is 82.1 Å². The number of unbranched alkanes of at least 4 members (excludes halogenated alkanes) is 1. The van der Waals surface area contributed by atoms with E-state index in [4.69, 9.17) is 24.1 Å². The van der Waals surface area contributed by atoms with Crippen molar-refractivity contribution >= 4 is 63.3 Å². The maximum atomic E-state index is 13.6. The molecule has 7 rings (SSSR count). The Balaban J connectivity index is 0.00000214. The van der Waals surface area contributed by atoms with Crippen LogP contribution >= 0.6 is 11.3 Å². The van der Waals surface area contributed by atoms with Gasteiger partial charge in [-0.2, -0.15) is 0 Å². The van der Waals surface area contributed by atoms with E-state index < -0.39 is 29.7 Å². The van der Waals surface area contributed by atoms with Crippen molar-refractivity contribution < 1.29 is 52.9 Å². The number of aromatic nitrogens is 1. The number of carbonyl (C=O) groups is 7. The lowest BCUT2D eigenvalue weighted by Gasteiger charge is -2.32. The zero-order valence-corrected chi connectivity index (χ0v) is 36.5. The molecule has 1 atom stereocenters. The van der Waals surface area contributed by atoms with Crippen LogP contribution in [0, 0.1) is 0 Å². The molecule has 2 aromatic heterocycles. The van der Waals surface area contributed by atoms with Crippen LogP contribution in [0.2, 0.25) is 0 Å². The molecule has 0 radical (unpaired) electrons. The lowest BCUT2D eigenvalue weighted by atomic mass is 10.0. The van der Waals surface area contributed by atoms with Crippen molar-refractivity contribution in [1.29, 1.82) is 0 Å². The fourth-order valence-electron chi connectivity index (χ4n) is 8.03. The molecule has 6 amide bonds. The molecule has 63 heavy (non-hydrogen) atoms. The zero-order chi connectivity index (χ0) is 45.5. The van der Waals surface area contributed by atoms with Crippen LogP contribution in [0.25, 0.3) is 21.2 Å². The number of nitrogens with one attached hydrogen (secondary N) is 2. The smallest absolute Gasteiger partial charge is 0.290 e. The second-order valence-electron chi connectivity index (χ2n) is 15.6. The molecule has 3 aliphatic rings. The number of imide groups is 2. The minimum absolute atomic E-state index is 0.00285.